The number of oxime groups is 1. The van der Waals surface area contributed by atoms with Crippen LogP contribution in [0.2, 0.25) is 0 Å². The predicted octanol–water partition coefficient (Wildman–Crippen LogP) is 2.07. The maximum atomic E-state index is 13.2. The number of nitrogens with two attached hydrogens (primary N) is 1. The Labute approximate surface area is 110 Å². The van der Waals surface area contributed by atoms with E-state index in [4.69, 9.17) is 10.9 Å². The number of halogens is 2. The van der Waals surface area contributed by atoms with E-state index in [1.165, 1.54) is 12.1 Å². The first-order valence-electron chi connectivity index (χ1n) is 6.26. The third-order valence-electron chi connectivity index (χ3n) is 3.38. The van der Waals surface area contributed by atoms with E-state index in [-0.39, 0.29) is 11.9 Å². The molecule has 0 amide bonds. The van der Waals surface area contributed by atoms with Crippen LogP contribution < -0.4 is 5.73 Å². The first-order valence-corrected chi connectivity index (χ1v) is 6.26. The molecule has 3 N–H and O–H groups in total. The van der Waals surface area contributed by atoms with E-state index in [2.05, 4.69) is 5.16 Å². The molecule has 1 aromatic carbocycles. The molecule has 1 aliphatic heterocycles. The summed E-state index contributed by atoms with van der Waals surface area (Å²) < 4.78 is 26.3. The molecule has 0 aromatic heterocycles. The minimum Gasteiger partial charge on any atom is -0.409 e. The molecule has 0 bridgehead atoms. The molecule has 1 atom stereocenters. The SMILES string of the molecule is N/C(=N/O)C1CCCCN1Cc1cc(F)cc(F)c1. The molecule has 0 spiro atoms. The average Bonchev–Trinajstić information content (AvgIpc) is 2.37. The Morgan fingerprint density at radius 1 is 1.32 bits per heavy atom. The first kappa shape index (κ1) is 13.7. The normalized spacial score (nSPS) is 21.6. The van der Waals surface area contributed by atoms with Crippen LogP contribution in [0.5, 0.6) is 0 Å². The van der Waals surface area contributed by atoms with Gasteiger partial charge in [-0.1, -0.05) is 11.6 Å². The molecular formula is C13H17F2N3O. The number of likely N-dealkylation sites (tertiary alicyclic amines) is 1. The molecule has 1 saturated heterocycles. The number of benzene rings is 1. The summed E-state index contributed by atoms with van der Waals surface area (Å²) in [5.74, 6) is -1.03. The third-order valence-corrected chi connectivity index (χ3v) is 3.38. The molecule has 1 fully saturated rings. The first-order chi connectivity index (χ1) is 9.10. The monoisotopic (exact) mass is 269 g/mol. The van der Waals surface area contributed by atoms with Crippen molar-refractivity contribution in [2.45, 2.75) is 31.8 Å². The van der Waals surface area contributed by atoms with Crippen LogP contribution in [0.25, 0.3) is 0 Å². The van der Waals surface area contributed by atoms with Gasteiger partial charge >= 0.3 is 0 Å². The van der Waals surface area contributed by atoms with Crippen molar-refractivity contribution in [3.63, 3.8) is 0 Å². The van der Waals surface area contributed by atoms with Crippen LogP contribution in [0.1, 0.15) is 24.8 Å². The smallest absolute Gasteiger partial charge is 0.156 e. The van der Waals surface area contributed by atoms with E-state index in [1.807, 2.05) is 4.90 Å². The van der Waals surface area contributed by atoms with Gasteiger partial charge in [-0.15, -0.1) is 0 Å². The molecule has 0 saturated carbocycles. The van der Waals surface area contributed by atoms with Gasteiger partial charge in [-0.05, 0) is 37.1 Å². The largest absolute Gasteiger partial charge is 0.409 e. The van der Waals surface area contributed by atoms with Crippen molar-refractivity contribution in [3.8, 4) is 0 Å². The van der Waals surface area contributed by atoms with Crippen LogP contribution in [0, 0.1) is 11.6 Å². The van der Waals surface area contributed by atoms with Crippen LogP contribution in [0.4, 0.5) is 8.78 Å². The second-order valence-electron chi connectivity index (χ2n) is 4.78. The molecule has 6 heteroatoms. The highest BCUT2D eigenvalue weighted by Gasteiger charge is 2.26. The highest BCUT2D eigenvalue weighted by molar-refractivity contribution is 5.85. The summed E-state index contributed by atoms with van der Waals surface area (Å²) in [6.45, 7) is 1.15. The minimum absolute atomic E-state index is 0.150. The Morgan fingerprint density at radius 3 is 2.63 bits per heavy atom. The van der Waals surface area contributed by atoms with E-state index < -0.39 is 11.6 Å². The van der Waals surface area contributed by atoms with Gasteiger partial charge in [0.2, 0.25) is 0 Å². The van der Waals surface area contributed by atoms with Crippen molar-refractivity contribution >= 4 is 5.84 Å². The number of hydrogen-bond donors (Lipinski definition) is 2. The van der Waals surface area contributed by atoms with E-state index in [9.17, 15) is 8.78 Å². The van der Waals surface area contributed by atoms with E-state index in [0.717, 1.165) is 31.9 Å². The molecule has 0 radical (unpaired) electrons. The number of nitrogens with zero attached hydrogens (tertiary/aromatic N) is 2. The highest BCUT2D eigenvalue weighted by atomic mass is 19.1. The molecule has 1 unspecified atom stereocenters. The highest BCUT2D eigenvalue weighted by Crippen LogP contribution is 2.20. The quantitative estimate of drug-likeness (QED) is 0.382. The zero-order valence-electron chi connectivity index (χ0n) is 10.5. The summed E-state index contributed by atoms with van der Waals surface area (Å²) in [5, 5.41) is 11.8. The van der Waals surface area contributed by atoms with Gasteiger partial charge in [-0.2, -0.15) is 0 Å². The van der Waals surface area contributed by atoms with Crippen molar-refractivity contribution in [1.29, 1.82) is 0 Å². The number of amidine groups is 1. The number of piperidine rings is 1. The fraction of sp³-hybridized carbons (Fsp3) is 0.462. The Bertz CT molecular complexity index is 459. The molecular weight excluding hydrogens is 252 g/mol. The molecule has 1 heterocycles. The lowest BCUT2D eigenvalue weighted by atomic mass is 10.0. The van der Waals surface area contributed by atoms with Crippen LogP contribution in [-0.2, 0) is 6.54 Å². The zero-order chi connectivity index (χ0) is 13.8. The van der Waals surface area contributed by atoms with Crippen molar-refractivity contribution in [3.05, 3.63) is 35.4 Å². The summed E-state index contributed by atoms with van der Waals surface area (Å²) in [5.41, 5.74) is 6.21. The van der Waals surface area contributed by atoms with E-state index in [1.54, 1.807) is 0 Å². The van der Waals surface area contributed by atoms with Gasteiger partial charge in [0, 0.05) is 12.6 Å². The molecule has 1 aliphatic rings. The minimum atomic E-state index is -0.590. The molecule has 2 rings (SSSR count). The van der Waals surface area contributed by atoms with Gasteiger partial charge in [0.05, 0.1) is 6.04 Å². The molecule has 4 nitrogen and oxygen atoms in total. The fourth-order valence-corrected chi connectivity index (χ4v) is 2.52. The second kappa shape index (κ2) is 5.97. The van der Waals surface area contributed by atoms with Gasteiger partial charge in [-0.25, -0.2) is 8.78 Å². The summed E-state index contributed by atoms with van der Waals surface area (Å²) in [6.07, 6.45) is 2.77. The zero-order valence-corrected chi connectivity index (χ0v) is 10.5. The molecule has 1 aromatic rings. The van der Waals surface area contributed by atoms with Crippen LogP contribution in [0.15, 0.2) is 23.4 Å². The topological polar surface area (TPSA) is 61.9 Å². The standard InChI is InChI=1S/C13H17F2N3O/c14-10-5-9(6-11(15)7-10)8-18-4-2-1-3-12(18)13(16)17-19/h5-7,12,19H,1-4,8H2,(H2,16,17). The van der Waals surface area contributed by atoms with E-state index >= 15 is 0 Å². The Balaban J connectivity index is 2.15. The summed E-state index contributed by atoms with van der Waals surface area (Å²) in [4.78, 5) is 1.98. The van der Waals surface area contributed by atoms with Crippen LogP contribution in [0.3, 0.4) is 0 Å². The summed E-state index contributed by atoms with van der Waals surface area (Å²) >= 11 is 0. The summed E-state index contributed by atoms with van der Waals surface area (Å²) in [6, 6.07) is 3.29. The van der Waals surface area contributed by atoms with Gasteiger partial charge in [0.1, 0.15) is 11.6 Å². The lowest BCUT2D eigenvalue weighted by Gasteiger charge is -2.34. The lowest BCUT2D eigenvalue weighted by molar-refractivity contribution is 0.178. The fourth-order valence-electron chi connectivity index (χ4n) is 2.52. The molecule has 0 aliphatic carbocycles. The van der Waals surface area contributed by atoms with Crippen molar-refractivity contribution in [2.24, 2.45) is 10.9 Å². The van der Waals surface area contributed by atoms with Crippen LogP contribution in [-0.4, -0.2) is 28.5 Å². The molecule has 104 valence electrons. The van der Waals surface area contributed by atoms with Crippen molar-refractivity contribution in [2.75, 3.05) is 6.54 Å². The van der Waals surface area contributed by atoms with Gasteiger partial charge in [0.25, 0.3) is 0 Å². The van der Waals surface area contributed by atoms with E-state index in [0.29, 0.717) is 12.1 Å². The third kappa shape index (κ3) is 3.41. The Morgan fingerprint density at radius 2 is 2.00 bits per heavy atom. The Hall–Kier alpha value is -1.69. The lowest BCUT2D eigenvalue weighted by Crippen LogP contribution is -2.47. The average molecular weight is 269 g/mol. The maximum absolute atomic E-state index is 13.2. The summed E-state index contributed by atoms with van der Waals surface area (Å²) in [7, 11) is 0. The number of rotatable bonds is 3. The van der Waals surface area contributed by atoms with Gasteiger partial charge in [-0.3, -0.25) is 4.90 Å². The predicted molar refractivity (Wildman–Crippen MR) is 67.8 cm³/mol. The molecule has 19 heavy (non-hydrogen) atoms. The second-order valence-corrected chi connectivity index (χ2v) is 4.78. The number of hydrogen-bond acceptors (Lipinski definition) is 3. The van der Waals surface area contributed by atoms with Crippen LogP contribution >= 0.6 is 0 Å². The Kier molecular flexibility index (Phi) is 4.31. The van der Waals surface area contributed by atoms with Crippen molar-refractivity contribution < 1.29 is 14.0 Å². The van der Waals surface area contributed by atoms with Crippen molar-refractivity contribution in [1.82, 2.24) is 4.90 Å². The maximum Gasteiger partial charge on any atom is 0.156 e. The van der Waals surface area contributed by atoms with Gasteiger partial charge < -0.3 is 10.9 Å². The van der Waals surface area contributed by atoms with Gasteiger partial charge in [0.15, 0.2) is 5.84 Å².